The number of rotatable bonds is 11. The third-order valence-electron chi connectivity index (χ3n) is 4.87. The molecule has 37 heavy (non-hydrogen) atoms. The summed E-state index contributed by atoms with van der Waals surface area (Å²) < 4.78 is 17.9. The second-order valence-electron chi connectivity index (χ2n) is 7.50. The number of oxazole rings is 1. The maximum absolute atomic E-state index is 12.2. The minimum Gasteiger partial charge on any atom is -0.490 e. The van der Waals surface area contributed by atoms with Crippen molar-refractivity contribution in [2.24, 2.45) is 5.10 Å². The summed E-state index contributed by atoms with van der Waals surface area (Å²) in [7, 11) is 0. The molecule has 1 heterocycles. The van der Waals surface area contributed by atoms with Gasteiger partial charge in [0.15, 0.2) is 17.1 Å². The van der Waals surface area contributed by atoms with Crippen LogP contribution >= 0.6 is 27.7 Å². The normalized spacial score (nSPS) is 11.1. The Bertz CT molecular complexity index is 1410. The van der Waals surface area contributed by atoms with Gasteiger partial charge in [0.25, 0.3) is 16.8 Å². The second-order valence-corrected chi connectivity index (χ2v) is 9.29. The molecular formula is C25H21BrN4O6S. The van der Waals surface area contributed by atoms with Gasteiger partial charge in [0.05, 0.1) is 28.0 Å². The first-order chi connectivity index (χ1) is 17.9. The number of nitrogens with one attached hydrogen (secondary N) is 1. The highest BCUT2D eigenvalue weighted by molar-refractivity contribution is 9.10. The Labute approximate surface area is 224 Å². The van der Waals surface area contributed by atoms with Crippen LogP contribution in [0.5, 0.6) is 11.5 Å². The average molecular weight is 585 g/mol. The van der Waals surface area contributed by atoms with E-state index in [9.17, 15) is 14.9 Å². The molecule has 0 aliphatic heterocycles. The van der Waals surface area contributed by atoms with Crippen LogP contribution in [-0.4, -0.2) is 34.4 Å². The number of nitro groups is 1. The number of amides is 1. The molecule has 0 saturated carbocycles. The highest BCUT2D eigenvalue weighted by atomic mass is 79.9. The zero-order valence-electron chi connectivity index (χ0n) is 19.5. The molecule has 1 aromatic heterocycles. The summed E-state index contributed by atoms with van der Waals surface area (Å²) in [5.41, 5.74) is 5.34. The second kappa shape index (κ2) is 12.4. The predicted molar refractivity (Wildman–Crippen MR) is 143 cm³/mol. The van der Waals surface area contributed by atoms with Crippen molar-refractivity contribution in [1.29, 1.82) is 0 Å². The van der Waals surface area contributed by atoms with Crippen molar-refractivity contribution in [2.75, 3.05) is 12.4 Å². The van der Waals surface area contributed by atoms with Crippen LogP contribution in [0.4, 0.5) is 5.69 Å². The number of ether oxygens (including phenoxy) is 2. The smallest absolute Gasteiger partial charge is 0.269 e. The highest BCUT2D eigenvalue weighted by Crippen LogP contribution is 2.37. The molecule has 1 amide bonds. The lowest BCUT2D eigenvalue weighted by molar-refractivity contribution is -0.384. The minimum absolute atomic E-state index is 0.0143. The number of nitrogens with zero attached hydrogens (tertiary/aromatic N) is 3. The first-order valence-electron chi connectivity index (χ1n) is 11.1. The number of halogens is 1. The number of nitro benzene ring substituents is 1. The van der Waals surface area contributed by atoms with Crippen LogP contribution in [0, 0.1) is 10.1 Å². The minimum atomic E-state index is -0.450. The van der Waals surface area contributed by atoms with Gasteiger partial charge < -0.3 is 13.9 Å². The zero-order valence-corrected chi connectivity index (χ0v) is 22.0. The molecule has 0 atom stereocenters. The molecule has 1 N–H and O–H groups in total. The van der Waals surface area contributed by atoms with Gasteiger partial charge in [-0.2, -0.15) is 5.10 Å². The molecule has 0 spiro atoms. The van der Waals surface area contributed by atoms with Crippen LogP contribution in [0.1, 0.15) is 18.1 Å². The van der Waals surface area contributed by atoms with Crippen LogP contribution < -0.4 is 14.9 Å². The van der Waals surface area contributed by atoms with E-state index in [0.29, 0.717) is 38.9 Å². The number of hydrogen-bond acceptors (Lipinski definition) is 9. The molecule has 0 radical (unpaired) electrons. The molecule has 190 valence electrons. The van der Waals surface area contributed by atoms with E-state index in [-0.39, 0.29) is 24.0 Å². The van der Waals surface area contributed by atoms with Crippen LogP contribution in [0.2, 0.25) is 0 Å². The van der Waals surface area contributed by atoms with Crippen molar-refractivity contribution in [3.63, 3.8) is 0 Å². The van der Waals surface area contributed by atoms with Crippen molar-refractivity contribution in [3.8, 4) is 11.5 Å². The first kappa shape index (κ1) is 26.2. The van der Waals surface area contributed by atoms with Gasteiger partial charge in [0.1, 0.15) is 12.1 Å². The molecule has 4 rings (SSSR count). The number of carbonyl (C=O) groups excluding carboxylic acids is 1. The summed E-state index contributed by atoms with van der Waals surface area (Å²) in [5.74, 6) is 0.748. The summed E-state index contributed by atoms with van der Waals surface area (Å²) in [5, 5.41) is 15.3. The summed E-state index contributed by atoms with van der Waals surface area (Å²) in [4.78, 5) is 26.9. The number of para-hydroxylation sites is 2. The Morgan fingerprint density at radius 3 is 2.73 bits per heavy atom. The fourth-order valence-corrected chi connectivity index (χ4v) is 4.39. The average Bonchev–Trinajstić information content (AvgIpc) is 3.31. The fourth-order valence-electron chi connectivity index (χ4n) is 3.19. The van der Waals surface area contributed by atoms with Crippen molar-refractivity contribution >= 4 is 56.6 Å². The van der Waals surface area contributed by atoms with Gasteiger partial charge in [-0.15, -0.1) is 0 Å². The maximum atomic E-state index is 12.2. The molecule has 0 fully saturated rings. The first-order valence-corrected chi connectivity index (χ1v) is 12.8. The van der Waals surface area contributed by atoms with Gasteiger partial charge in [-0.25, -0.2) is 10.4 Å². The van der Waals surface area contributed by atoms with Gasteiger partial charge in [-0.05, 0) is 70.4 Å². The van der Waals surface area contributed by atoms with Crippen LogP contribution in [0.25, 0.3) is 11.1 Å². The molecule has 0 aliphatic rings. The molecule has 12 heteroatoms. The Hall–Kier alpha value is -3.90. The number of hydrogen-bond donors (Lipinski definition) is 1. The number of thioether (sulfide) groups is 1. The third-order valence-corrected chi connectivity index (χ3v) is 6.28. The molecular weight excluding hydrogens is 564 g/mol. The van der Waals surface area contributed by atoms with Crippen molar-refractivity contribution in [1.82, 2.24) is 10.4 Å². The number of benzene rings is 3. The van der Waals surface area contributed by atoms with Gasteiger partial charge >= 0.3 is 0 Å². The van der Waals surface area contributed by atoms with E-state index in [1.165, 1.54) is 30.1 Å². The van der Waals surface area contributed by atoms with Crippen molar-refractivity contribution in [3.05, 3.63) is 86.4 Å². The van der Waals surface area contributed by atoms with Gasteiger partial charge in [-0.3, -0.25) is 14.9 Å². The summed E-state index contributed by atoms with van der Waals surface area (Å²) in [6.45, 7) is 2.45. The lowest BCUT2D eigenvalue weighted by Gasteiger charge is -2.14. The van der Waals surface area contributed by atoms with E-state index in [0.717, 1.165) is 11.1 Å². The summed E-state index contributed by atoms with van der Waals surface area (Å²) in [6.07, 6.45) is 1.50. The van der Waals surface area contributed by atoms with Crippen molar-refractivity contribution < 1.29 is 23.6 Å². The van der Waals surface area contributed by atoms with E-state index < -0.39 is 4.92 Å². The largest absolute Gasteiger partial charge is 0.490 e. The van der Waals surface area contributed by atoms with Crippen LogP contribution in [0.3, 0.4) is 0 Å². The molecule has 10 nitrogen and oxygen atoms in total. The predicted octanol–water partition coefficient (Wildman–Crippen LogP) is 5.72. The van der Waals surface area contributed by atoms with E-state index in [1.807, 2.05) is 31.2 Å². The molecule has 3 aromatic carbocycles. The number of carbonyl (C=O) groups is 1. The summed E-state index contributed by atoms with van der Waals surface area (Å²) >= 11 is 4.67. The number of fused-ring (bicyclic) bond motifs is 1. The number of non-ortho nitro benzene ring substituents is 1. The molecule has 0 aliphatic carbocycles. The maximum Gasteiger partial charge on any atom is 0.269 e. The number of hydrazone groups is 1. The Morgan fingerprint density at radius 1 is 1.22 bits per heavy atom. The van der Waals surface area contributed by atoms with Gasteiger partial charge in [0.2, 0.25) is 0 Å². The monoisotopic (exact) mass is 584 g/mol. The molecule has 0 saturated heterocycles. The molecule has 0 bridgehead atoms. The van der Waals surface area contributed by atoms with E-state index in [1.54, 1.807) is 24.3 Å². The van der Waals surface area contributed by atoms with Gasteiger partial charge in [-0.1, -0.05) is 23.9 Å². The van der Waals surface area contributed by atoms with Crippen LogP contribution in [0.15, 0.2) is 79.9 Å². The third kappa shape index (κ3) is 7.08. The zero-order chi connectivity index (χ0) is 26.2. The Kier molecular flexibility index (Phi) is 8.75. The molecule has 0 unspecified atom stereocenters. The number of aromatic nitrogens is 1. The Morgan fingerprint density at radius 2 is 2.00 bits per heavy atom. The van der Waals surface area contributed by atoms with Crippen LogP contribution in [-0.2, 0) is 11.4 Å². The summed E-state index contributed by atoms with van der Waals surface area (Å²) in [6, 6.07) is 17.0. The quantitative estimate of drug-likeness (QED) is 0.102. The van der Waals surface area contributed by atoms with Crippen molar-refractivity contribution in [2.45, 2.75) is 18.8 Å². The standard InChI is InChI=1S/C25H21BrN4O6S/c1-2-34-22-12-17(11-19(26)24(22)35-14-16-7-9-18(10-8-16)30(32)33)13-27-29-23(31)15-37-25-28-20-5-3-4-6-21(20)36-25/h3-13H,2,14-15H2,1H3,(H,29,31)/b27-13-. The highest BCUT2D eigenvalue weighted by Gasteiger charge is 2.13. The lowest BCUT2D eigenvalue weighted by Crippen LogP contribution is -2.19. The lowest BCUT2D eigenvalue weighted by atomic mass is 10.2. The van der Waals surface area contributed by atoms with E-state index in [4.69, 9.17) is 13.9 Å². The topological polar surface area (TPSA) is 129 Å². The molecule has 4 aromatic rings. The van der Waals surface area contributed by atoms with Gasteiger partial charge in [0, 0.05) is 12.1 Å². The SMILES string of the molecule is CCOc1cc(/C=N\NC(=O)CSc2nc3ccccc3o2)cc(Br)c1OCc1ccc([N+](=O)[O-])cc1. The van der Waals surface area contributed by atoms with E-state index >= 15 is 0 Å². The fraction of sp³-hybridized carbons (Fsp3) is 0.160. The Balaban J connectivity index is 1.35. The van der Waals surface area contributed by atoms with E-state index in [2.05, 4.69) is 31.4 Å².